The normalized spacial score (nSPS) is 11.2. The van der Waals surface area contributed by atoms with Crippen LogP contribution in [0.3, 0.4) is 0 Å². The Hall–Kier alpha value is -1.92. The van der Waals surface area contributed by atoms with Gasteiger partial charge in [0.05, 0.1) is 16.2 Å². The first-order chi connectivity index (χ1) is 8.91. The quantitative estimate of drug-likeness (QED) is 0.879. The molecule has 0 aliphatic rings. The van der Waals surface area contributed by atoms with Crippen molar-refractivity contribution >= 4 is 25.7 Å². The van der Waals surface area contributed by atoms with E-state index in [1.165, 1.54) is 30.5 Å². The molecule has 0 atom stereocenters. The third-order valence-corrected chi connectivity index (χ3v) is 3.80. The van der Waals surface area contributed by atoms with Crippen LogP contribution in [0, 0.1) is 0 Å². The van der Waals surface area contributed by atoms with E-state index in [2.05, 4.69) is 4.98 Å². The number of pyridine rings is 1. The van der Waals surface area contributed by atoms with E-state index in [-0.39, 0.29) is 21.7 Å². The van der Waals surface area contributed by atoms with Crippen molar-refractivity contribution in [2.45, 2.75) is 4.90 Å². The van der Waals surface area contributed by atoms with Gasteiger partial charge in [-0.3, -0.25) is 4.98 Å². The predicted molar refractivity (Wildman–Crippen MR) is 69.7 cm³/mol. The molecule has 0 aliphatic heterocycles. The highest BCUT2D eigenvalue weighted by atomic mass is 35.7. The average Bonchev–Trinajstić information content (AvgIpc) is 2.37. The monoisotopic (exact) mass is 297 g/mol. The smallest absolute Gasteiger partial charge is 0.336 e. The van der Waals surface area contributed by atoms with Crippen molar-refractivity contribution in [1.82, 2.24) is 4.98 Å². The number of carboxylic acid groups (broad SMARTS) is 1. The van der Waals surface area contributed by atoms with Crippen LogP contribution in [0.5, 0.6) is 0 Å². The summed E-state index contributed by atoms with van der Waals surface area (Å²) in [4.78, 5) is 14.9. The summed E-state index contributed by atoms with van der Waals surface area (Å²) in [6.07, 6.45) is 1.44. The van der Waals surface area contributed by atoms with Crippen molar-refractivity contribution in [3.8, 4) is 11.3 Å². The van der Waals surface area contributed by atoms with Crippen LogP contribution in [-0.4, -0.2) is 24.5 Å². The number of nitrogens with zero attached hydrogens (tertiary/aromatic N) is 1. The molecule has 0 radical (unpaired) electrons. The number of rotatable bonds is 3. The van der Waals surface area contributed by atoms with E-state index >= 15 is 0 Å². The number of aromatic nitrogens is 1. The number of hydrogen-bond acceptors (Lipinski definition) is 4. The second kappa shape index (κ2) is 4.99. The summed E-state index contributed by atoms with van der Waals surface area (Å²) >= 11 is 0. The number of aromatic carboxylic acids is 1. The van der Waals surface area contributed by atoms with Gasteiger partial charge in [0.15, 0.2) is 0 Å². The average molecular weight is 298 g/mol. The minimum absolute atomic E-state index is 0.00870. The Morgan fingerprint density at radius 1 is 1.16 bits per heavy atom. The molecule has 0 saturated carbocycles. The number of carboxylic acids is 1. The Morgan fingerprint density at radius 2 is 1.89 bits per heavy atom. The zero-order valence-electron chi connectivity index (χ0n) is 9.45. The van der Waals surface area contributed by atoms with Crippen LogP contribution in [0.25, 0.3) is 11.3 Å². The van der Waals surface area contributed by atoms with Crippen LogP contribution < -0.4 is 0 Å². The van der Waals surface area contributed by atoms with Gasteiger partial charge in [0, 0.05) is 22.4 Å². The fourth-order valence-electron chi connectivity index (χ4n) is 1.69. The summed E-state index contributed by atoms with van der Waals surface area (Å²) in [5, 5.41) is 9.15. The van der Waals surface area contributed by atoms with Gasteiger partial charge >= 0.3 is 5.97 Å². The molecule has 1 aromatic heterocycles. The molecule has 0 spiro atoms. The van der Waals surface area contributed by atoms with Gasteiger partial charge in [-0.2, -0.15) is 0 Å². The van der Waals surface area contributed by atoms with Gasteiger partial charge in [0.2, 0.25) is 0 Å². The summed E-state index contributed by atoms with van der Waals surface area (Å²) < 4.78 is 23.1. The Labute approximate surface area is 113 Å². The van der Waals surface area contributed by atoms with Gasteiger partial charge in [-0.1, -0.05) is 12.1 Å². The summed E-state index contributed by atoms with van der Waals surface area (Å²) in [7, 11) is 1.27. The number of carbonyl (C=O) groups is 1. The van der Waals surface area contributed by atoms with Crippen LogP contribution in [0.4, 0.5) is 0 Å². The third kappa shape index (κ3) is 2.74. The van der Waals surface area contributed by atoms with E-state index in [4.69, 9.17) is 15.8 Å². The minimum Gasteiger partial charge on any atom is -0.478 e. The summed E-state index contributed by atoms with van der Waals surface area (Å²) in [6.45, 7) is 0. The lowest BCUT2D eigenvalue weighted by Gasteiger charge is -2.09. The van der Waals surface area contributed by atoms with Crippen LogP contribution in [0.1, 0.15) is 10.4 Å². The molecule has 7 heteroatoms. The van der Waals surface area contributed by atoms with E-state index in [1.807, 2.05) is 0 Å². The predicted octanol–water partition coefficient (Wildman–Crippen LogP) is 2.37. The first-order valence-electron chi connectivity index (χ1n) is 5.13. The van der Waals surface area contributed by atoms with E-state index in [9.17, 15) is 13.2 Å². The molecular weight excluding hydrogens is 290 g/mol. The van der Waals surface area contributed by atoms with Crippen molar-refractivity contribution in [3.63, 3.8) is 0 Å². The van der Waals surface area contributed by atoms with E-state index < -0.39 is 15.0 Å². The topological polar surface area (TPSA) is 84.3 Å². The Kier molecular flexibility index (Phi) is 3.55. The number of halogens is 1. The lowest BCUT2D eigenvalue weighted by atomic mass is 10.0. The number of hydrogen-bond donors (Lipinski definition) is 1. The zero-order chi connectivity index (χ0) is 14.0. The molecule has 2 aromatic rings. The van der Waals surface area contributed by atoms with E-state index in [0.717, 1.165) is 0 Å². The Bertz CT molecular complexity index is 729. The summed E-state index contributed by atoms with van der Waals surface area (Å²) in [5.74, 6) is -1.25. The molecule has 98 valence electrons. The molecule has 0 bridgehead atoms. The molecule has 0 aliphatic carbocycles. The first kappa shape index (κ1) is 13.5. The van der Waals surface area contributed by atoms with Gasteiger partial charge in [-0.25, -0.2) is 13.2 Å². The van der Waals surface area contributed by atoms with Crippen molar-refractivity contribution in [2.24, 2.45) is 0 Å². The fraction of sp³-hybridized carbons (Fsp3) is 0. The van der Waals surface area contributed by atoms with Crippen molar-refractivity contribution in [2.75, 3.05) is 0 Å². The molecule has 19 heavy (non-hydrogen) atoms. The Morgan fingerprint density at radius 3 is 2.42 bits per heavy atom. The lowest BCUT2D eigenvalue weighted by molar-refractivity contribution is 0.0697. The molecule has 0 saturated heterocycles. The van der Waals surface area contributed by atoms with Crippen molar-refractivity contribution < 1.29 is 18.3 Å². The maximum Gasteiger partial charge on any atom is 0.336 e. The maximum absolute atomic E-state index is 11.5. The molecule has 2 rings (SSSR count). The second-order valence-electron chi connectivity index (χ2n) is 3.64. The second-order valence-corrected chi connectivity index (χ2v) is 6.17. The fourth-order valence-corrected chi connectivity index (χ4v) is 2.77. The molecule has 5 nitrogen and oxygen atoms in total. The highest BCUT2D eigenvalue weighted by molar-refractivity contribution is 8.13. The van der Waals surface area contributed by atoms with Crippen LogP contribution in [0.2, 0.25) is 0 Å². The van der Waals surface area contributed by atoms with Gasteiger partial charge < -0.3 is 5.11 Å². The van der Waals surface area contributed by atoms with Crippen LogP contribution >= 0.6 is 10.7 Å². The van der Waals surface area contributed by atoms with Crippen LogP contribution in [0.15, 0.2) is 47.5 Å². The van der Waals surface area contributed by atoms with Crippen molar-refractivity contribution in [1.29, 1.82) is 0 Å². The standard InChI is InChI=1S/C12H8ClNO4S/c13-19(17,18)10-6-3-4-8(12(15)16)11(10)9-5-1-2-7-14-9/h1-7H,(H,15,16). The molecule has 0 fully saturated rings. The van der Waals surface area contributed by atoms with E-state index in [1.54, 1.807) is 12.1 Å². The zero-order valence-corrected chi connectivity index (χ0v) is 11.0. The molecular formula is C12H8ClNO4S. The highest BCUT2D eigenvalue weighted by Gasteiger charge is 2.23. The number of benzene rings is 1. The maximum atomic E-state index is 11.5. The summed E-state index contributed by atoms with van der Waals surface area (Å²) in [6, 6.07) is 8.67. The van der Waals surface area contributed by atoms with Crippen LogP contribution in [-0.2, 0) is 9.05 Å². The molecule has 0 unspecified atom stereocenters. The van der Waals surface area contributed by atoms with Gasteiger partial charge in [0.25, 0.3) is 9.05 Å². The lowest BCUT2D eigenvalue weighted by Crippen LogP contribution is -2.05. The van der Waals surface area contributed by atoms with E-state index in [0.29, 0.717) is 0 Å². The molecule has 1 aromatic carbocycles. The molecule has 1 heterocycles. The largest absolute Gasteiger partial charge is 0.478 e. The molecule has 0 amide bonds. The van der Waals surface area contributed by atoms with Gasteiger partial charge in [-0.05, 0) is 24.3 Å². The van der Waals surface area contributed by atoms with Gasteiger partial charge in [-0.15, -0.1) is 0 Å². The van der Waals surface area contributed by atoms with Gasteiger partial charge in [0.1, 0.15) is 0 Å². The first-order valence-corrected chi connectivity index (χ1v) is 7.44. The molecule has 1 N–H and O–H groups in total. The highest BCUT2D eigenvalue weighted by Crippen LogP contribution is 2.31. The minimum atomic E-state index is -4.07. The third-order valence-electron chi connectivity index (χ3n) is 2.44. The SMILES string of the molecule is O=C(O)c1cccc(S(=O)(=O)Cl)c1-c1ccccn1. The summed E-state index contributed by atoms with van der Waals surface area (Å²) in [5.41, 5.74) is 0.0609. The Balaban J connectivity index is 2.86. The van der Waals surface area contributed by atoms with Crippen molar-refractivity contribution in [3.05, 3.63) is 48.2 Å².